The van der Waals surface area contributed by atoms with Crippen LogP contribution in [0, 0.1) is 9.49 Å². The molecule has 88 valence electrons. The first-order chi connectivity index (χ1) is 7.72. The Bertz CT molecular complexity index is 421. The quantitative estimate of drug-likeness (QED) is 0.793. The number of aromatic nitrogens is 2. The predicted octanol–water partition coefficient (Wildman–Crippen LogP) is 0.583. The van der Waals surface area contributed by atoms with Crippen LogP contribution >= 0.6 is 22.6 Å². The van der Waals surface area contributed by atoms with Gasteiger partial charge in [-0.1, -0.05) is 0 Å². The first kappa shape index (κ1) is 11.8. The van der Waals surface area contributed by atoms with Crippen LogP contribution in [0.3, 0.4) is 0 Å². The van der Waals surface area contributed by atoms with Gasteiger partial charge in [0.25, 0.3) is 5.56 Å². The fourth-order valence-electron chi connectivity index (χ4n) is 2.04. The molecule has 2 heterocycles. The van der Waals surface area contributed by atoms with Crippen molar-refractivity contribution in [3.63, 3.8) is 0 Å². The lowest BCUT2D eigenvalue weighted by Gasteiger charge is -2.17. The third-order valence-electron chi connectivity index (χ3n) is 2.90. The largest absolute Gasteiger partial charge is 0.396 e. The summed E-state index contributed by atoms with van der Waals surface area (Å²) in [6.07, 6.45) is 3.33. The first-order valence-electron chi connectivity index (χ1n) is 5.31. The number of halogens is 1. The molecular weight excluding hydrogens is 321 g/mol. The molecule has 5 nitrogen and oxygen atoms in total. The topological polar surface area (TPSA) is 69.2 Å². The highest BCUT2D eigenvalue weighted by Crippen LogP contribution is 2.25. The van der Waals surface area contributed by atoms with Crippen LogP contribution < -0.4 is 10.5 Å². The molecule has 0 radical (unpaired) electrons. The van der Waals surface area contributed by atoms with Crippen molar-refractivity contribution in [2.75, 3.05) is 24.6 Å². The lowest BCUT2D eigenvalue weighted by atomic mass is 10.1. The number of rotatable bonds is 3. The monoisotopic (exact) mass is 335 g/mol. The Labute approximate surface area is 107 Å². The van der Waals surface area contributed by atoms with Crippen molar-refractivity contribution in [2.24, 2.45) is 5.92 Å². The summed E-state index contributed by atoms with van der Waals surface area (Å²) in [5.41, 5.74) is -0.0868. The average Bonchev–Trinajstić information content (AvgIpc) is 2.71. The third kappa shape index (κ3) is 2.37. The summed E-state index contributed by atoms with van der Waals surface area (Å²) < 4.78 is 0.643. The molecule has 0 amide bonds. The normalized spacial score (nSPS) is 20.4. The maximum absolute atomic E-state index is 11.4. The molecule has 1 aliphatic rings. The van der Waals surface area contributed by atoms with Crippen molar-refractivity contribution < 1.29 is 5.11 Å². The van der Waals surface area contributed by atoms with Gasteiger partial charge in [-0.2, -0.15) is 0 Å². The summed E-state index contributed by atoms with van der Waals surface area (Å²) >= 11 is 2.03. The molecule has 1 fully saturated rings. The molecule has 1 aromatic heterocycles. The van der Waals surface area contributed by atoms with Crippen molar-refractivity contribution in [3.05, 3.63) is 20.3 Å². The van der Waals surface area contributed by atoms with E-state index in [2.05, 4.69) is 14.9 Å². The number of hydrogen-bond donors (Lipinski definition) is 2. The SMILES string of the molecule is O=c1[nH]cnc(N2CCC(CCO)C2)c1I. The van der Waals surface area contributed by atoms with Gasteiger partial charge >= 0.3 is 0 Å². The van der Waals surface area contributed by atoms with E-state index in [1.807, 2.05) is 22.6 Å². The minimum Gasteiger partial charge on any atom is -0.396 e. The third-order valence-corrected chi connectivity index (χ3v) is 3.87. The smallest absolute Gasteiger partial charge is 0.266 e. The van der Waals surface area contributed by atoms with E-state index in [4.69, 9.17) is 5.11 Å². The molecule has 1 saturated heterocycles. The molecule has 0 saturated carbocycles. The first-order valence-corrected chi connectivity index (χ1v) is 6.39. The number of anilines is 1. The zero-order valence-corrected chi connectivity index (χ0v) is 11.0. The predicted molar refractivity (Wildman–Crippen MR) is 69.6 cm³/mol. The molecule has 0 aromatic carbocycles. The van der Waals surface area contributed by atoms with E-state index in [0.717, 1.165) is 31.7 Å². The zero-order chi connectivity index (χ0) is 11.5. The van der Waals surface area contributed by atoms with Gasteiger partial charge in [0, 0.05) is 19.7 Å². The molecule has 1 unspecified atom stereocenters. The summed E-state index contributed by atoms with van der Waals surface area (Å²) in [6.45, 7) is 2.03. The van der Waals surface area contributed by atoms with Crippen molar-refractivity contribution in [1.82, 2.24) is 9.97 Å². The number of H-pyrrole nitrogens is 1. The Morgan fingerprint density at radius 3 is 3.25 bits per heavy atom. The van der Waals surface area contributed by atoms with E-state index >= 15 is 0 Å². The number of aromatic amines is 1. The second-order valence-corrected chi connectivity index (χ2v) is 5.06. The minimum atomic E-state index is -0.0868. The second kappa shape index (κ2) is 5.13. The van der Waals surface area contributed by atoms with Crippen molar-refractivity contribution in [3.8, 4) is 0 Å². The van der Waals surface area contributed by atoms with Gasteiger partial charge in [-0.3, -0.25) is 4.79 Å². The molecule has 16 heavy (non-hydrogen) atoms. The minimum absolute atomic E-state index is 0.0868. The van der Waals surface area contributed by atoms with Gasteiger partial charge in [-0.15, -0.1) is 0 Å². The lowest BCUT2D eigenvalue weighted by molar-refractivity contribution is 0.263. The van der Waals surface area contributed by atoms with Crippen LogP contribution in [-0.4, -0.2) is 34.8 Å². The van der Waals surface area contributed by atoms with Crippen LogP contribution in [0.25, 0.3) is 0 Å². The maximum Gasteiger partial charge on any atom is 0.266 e. The fraction of sp³-hybridized carbons (Fsp3) is 0.600. The summed E-state index contributed by atoms with van der Waals surface area (Å²) in [6, 6.07) is 0. The van der Waals surface area contributed by atoms with Crippen molar-refractivity contribution in [2.45, 2.75) is 12.8 Å². The Kier molecular flexibility index (Phi) is 3.80. The van der Waals surface area contributed by atoms with E-state index < -0.39 is 0 Å². The molecule has 0 spiro atoms. The van der Waals surface area contributed by atoms with Crippen LogP contribution in [0.1, 0.15) is 12.8 Å². The molecule has 0 bridgehead atoms. The van der Waals surface area contributed by atoms with Crippen LogP contribution in [0.15, 0.2) is 11.1 Å². The summed E-state index contributed by atoms with van der Waals surface area (Å²) in [7, 11) is 0. The standard InChI is InChI=1S/C10H14IN3O2/c11-8-9(12-6-13-10(8)16)14-3-1-7(5-14)2-4-15/h6-7,15H,1-5H2,(H,12,13,16). The number of hydrogen-bond acceptors (Lipinski definition) is 4. The zero-order valence-electron chi connectivity index (χ0n) is 8.82. The Balaban J connectivity index is 2.14. The Morgan fingerprint density at radius 1 is 1.69 bits per heavy atom. The van der Waals surface area contributed by atoms with E-state index in [0.29, 0.717) is 9.49 Å². The number of nitrogens with one attached hydrogen (secondary N) is 1. The van der Waals surface area contributed by atoms with E-state index in [-0.39, 0.29) is 12.2 Å². The molecule has 2 N–H and O–H groups in total. The molecule has 6 heteroatoms. The van der Waals surface area contributed by atoms with Crippen LogP contribution in [0.4, 0.5) is 5.82 Å². The fourth-order valence-corrected chi connectivity index (χ4v) is 2.67. The lowest BCUT2D eigenvalue weighted by Crippen LogP contribution is -2.25. The highest BCUT2D eigenvalue weighted by atomic mass is 127. The van der Waals surface area contributed by atoms with E-state index in [9.17, 15) is 4.79 Å². The molecule has 1 atom stereocenters. The molecular formula is C10H14IN3O2. The summed E-state index contributed by atoms with van der Waals surface area (Å²) in [5.74, 6) is 1.28. The van der Waals surface area contributed by atoms with E-state index in [1.165, 1.54) is 6.33 Å². The van der Waals surface area contributed by atoms with Gasteiger partial charge in [0.05, 0.1) is 6.33 Å². The molecule has 2 rings (SSSR count). The highest BCUT2D eigenvalue weighted by molar-refractivity contribution is 14.1. The van der Waals surface area contributed by atoms with Gasteiger partial charge in [0.1, 0.15) is 9.39 Å². The van der Waals surface area contributed by atoms with Crippen LogP contribution in [-0.2, 0) is 0 Å². The Morgan fingerprint density at radius 2 is 2.50 bits per heavy atom. The van der Waals surface area contributed by atoms with Gasteiger partial charge in [0.2, 0.25) is 0 Å². The highest BCUT2D eigenvalue weighted by Gasteiger charge is 2.24. The van der Waals surface area contributed by atoms with Gasteiger partial charge < -0.3 is 15.0 Å². The van der Waals surface area contributed by atoms with Crippen molar-refractivity contribution in [1.29, 1.82) is 0 Å². The average molecular weight is 335 g/mol. The number of aliphatic hydroxyl groups is 1. The maximum atomic E-state index is 11.4. The second-order valence-electron chi connectivity index (χ2n) is 3.98. The number of nitrogens with zero attached hydrogens (tertiary/aromatic N) is 2. The molecule has 1 aliphatic heterocycles. The molecule has 1 aromatic rings. The molecule has 0 aliphatic carbocycles. The van der Waals surface area contributed by atoms with Gasteiger partial charge in [-0.25, -0.2) is 4.98 Å². The van der Waals surface area contributed by atoms with Crippen LogP contribution in [0.2, 0.25) is 0 Å². The van der Waals surface area contributed by atoms with Crippen LogP contribution in [0.5, 0.6) is 0 Å². The summed E-state index contributed by atoms with van der Waals surface area (Å²) in [5, 5.41) is 8.89. The van der Waals surface area contributed by atoms with Crippen molar-refractivity contribution >= 4 is 28.4 Å². The Hall–Kier alpha value is -0.630. The van der Waals surface area contributed by atoms with E-state index in [1.54, 1.807) is 0 Å². The summed E-state index contributed by atoms with van der Waals surface area (Å²) in [4.78, 5) is 20.3. The van der Waals surface area contributed by atoms with Gasteiger partial charge in [-0.05, 0) is 41.4 Å². The number of aliphatic hydroxyl groups excluding tert-OH is 1. The van der Waals surface area contributed by atoms with Gasteiger partial charge in [0.15, 0.2) is 0 Å².